The zero-order valence-corrected chi connectivity index (χ0v) is 26.5. The number of benzene rings is 1. The van der Waals surface area contributed by atoms with Crippen molar-refractivity contribution in [2.45, 2.75) is 103 Å². The van der Waals surface area contributed by atoms with E-state index >= 15 is 0 Å². The number of carbonyl (C=O) groups excluding carboxylic acids is 6. The molecule has 47 heavy (non-hydrogen) atoms. The topological polar surface area (TPSA) is 226 Å². The molecular weight excluding hydrogens is 632 g/mol. The number of carbonyl (C=O) groups is 6. The van der Waals surface area contributed by atoms with E-state index in [1.54, 1.807) is 0 Å². The summed E-state index contributed by atoms with van der Waals surface area (Å²) < 4.78 is 50.2. The summed E-state index contributed by atoms with van der Waals surface area (Å²) in [6.45, 7) is 5.42. The molecule has 2 N–H and O–H groups in total. The Morgan fingerprint density at radius 3 is 1.60 bits per heavy atom. The van der Waals surface area contributed by atoms with E-state index in [0.717, 1.165) is 41.5 Å². The van der Waals surface area contributed by atoms with Crippen LogP contribution in [0.1, 0.15) is 53.2 Å². The molecule has 1 aromatic carbocycles. The third-order valence-corrected chi connectivity index (χ3v) is 6.85. The number of phenols is 1. The number of aliphatic hydroxyl groups excluding tert-OH is 1. The number of phenolic OH excluding ortho intramolecular Hbond substituents is 1. The predicted octanol–water partition coefficient (Wildman–Crippen LogP) is 0.156. The molecule has 2 fully saturated rings. The van der Waals surface area contributed by atoms with Crippen LogP contribution in [0.25, 0.3) is 0 Å². The van der Waals surface area contributed by atoms with Gasteiger partial charge in [-0.2, -0.15) is 0 Å². The highest BCUT2D eigenvalue weighted by atomic mass is 16.7. The van der Waals surface area contributed by atoms with Crippen LogP contribution in [0.15, 0.2) is 24.3 Å². The van der Waals surface area contributed by atoms with E-state index in [2.05, 4.69) is 0 Å². The first-order valence-electron chi connectivity index (χ1n) is 14.5. The molecule has 0 aromatic heterocycles. The molecule has 17 nitrogen and oxygen atoms in total. The van der Waals surface area contributed by atoms with E-state index in [-0.39, 0.29) is 11.3 Å². The number of aliphatic hydroxyl groups is 1. The van der Waals surface area contributed by atoms with E-state index < -0.39 is 110 Å². The Hall–Kier alpha value is -4.32. The molecule has 2 aliphatic rings. The van der Waals surface area contributed by atoms with Crippen molar-refractivity contribution in [3.63, 3.8) is 0 Å². The summed E-state index contributed by atoms with van der Waals surface area (Å²) >= 11 is 0. The van der Waals surface area contributed by atoms with Gasteiger partial charge in [-0.3, -0.25) is 28.8 Å². The highest BCUT2D eigenvalue weighted by Crippen LogP contribution is 2.39. The first-order chi connectivity index (χ1) is 22.1. The molecule has 3 rings (SSSR count). The fourth-order valence-corrected chi connectivity index (χ4v) is 5.18. The maximum atomic E-state index is 12.3. The fourth-order valence-electron chi connectivity index (χ4n) is 5.18. The largest absolute Gasteiger partial charge is 0.508 e. The van der Waals surface area contributed by atoms with Crippen molar-refractivity contribution in [2.75, 3.05) is 13.2 Å². The van der Waals surface area contributed by atoms with Crippen molar-refractivity contribution in [1.82, 2.24) is 0 Å². The summed E-state index contributed by atoms with van der Waals surface area (Å²) in [4.78, 5) is 72.2. The van der Waals surface area contributed by atoms with Gasteiger partial charge in [0.05, 0.1) is 0 Å². The highest BCUT2D eigenvalue weighted by Gasteiger charge is 2.56. The minimum Gasteiger partial charge on any atom is -0.508 e. The van der Waals surface area contributed by atoms with Gasteiger partial charge in [-0.25, -0.2) is 0 Å². The Bertz CT molecular complexity index is 1310. The van der Waals surface area contributed by atoms with Crippen molar-refractivity contribution in [3.05, 3.63) is 29.8 Å². The lowest BCUT2D eigenvalue weighted by molar-refractivity contribution is -0.345. The number of ether oxygens (including phenoxy) is 9. The summed E-state index contributed by atoms with van der Waals surface area (Å²) in [6, 6.07) is 5.68. The van der Waals surface area contributed by atoms with E-state index in [1.807, 2.05) is 0 Å². The van der Waals surface area contributed by atoms with Crippen LogP contribution in [0, 0.1) is 0 Å². The minimum absolute atomic E-state index is 0.172. The van der Waals surface area contributed by atoms with E-state index in [4.69, 9.17) is 42.6 Å². The first-order valence-corrected chi connectivity index (χ1v) is 14.5. The van der Waals surface area contributed by atoms with Crippen LogP contribution in [-0.4, -0.2) is 114 Å². The lowest BCUT2D eigenvalue weighted by atomic mass is 9.90. The number of hydrogen-bond acceptors (Lipinski definition) is 17. The molecule has 2 aliphatic heterocycles. The zero-order valence-electron chi connectivity index (χ0n) is 26.5. The SMILES string of the molecule is CC(=O)OCC1OC(c2cccc(O)c2)C(O)C(OC2OC(COC(C)=O)C(OC(C)=O)C(OC(C)=O)C2OC(C)=O)C1OC(C)=O. The van der Waals surface area contributed by atoms with Gasteiger partial charge in [0.15, 0.2) is 30.7 Å². The molecule has 2 saturated heterocycles. The quantitative estimate of drug-likeness (QED) is 0.236. The Labute approximate surface area is 269 Å². The van der Waals surface area contributed by atoms with Crippen LogP contribution in [0.5, 0.6) is 5.75 Å². The Kier molecular flexibility index (Phi) is 13.0. The first kappa shape index (κ1) is 37.1. The molecule has 1 aromatic rings. The van der Waals surface area contributed by atoms with Crippen LogP contribution < -0.4 is 0 Å². The molecule has 10 atom stereocenters. The predicted molar refractivity (Wildman–Crippen MR) is 151 cm³/mol. The third kappa shape index (κ3) is 10.3. The van der Waals surface area contributed by atoms with Crippen molar-refractivity contribution >= 4 is 35.8 Å². The Balaban J connectivity index is 2.14. The van der Waals surface area contributed by atoms with Gasteiger partial charge < -0.3 is 52.8 Å². The molecule has 0 aliphatic carbocycles. The summed E-state index contributed by atoms with van der Waals surface area (Å²) in [5, 5.41) is 21.8. The van der Waals surface area contributed by atoms with E-state index in [0.29, 0.717) is 0 Å². The molecule has 0 amide bonds. The van der Waals surface area contributed by atoms with Crippen molar-refractivity contribution < 1.29 is 81.6 Å². The van der Waals surface area contributed by atoms with Gasteiger partial charge in [0.1, 0.15) is 49.5 Å². The van der Waals surface area contributed by atoms with Gasteiger partial charge in [-0.1, -0.05) is 12.1 Å². The standard InChI is InChI=1S/C30H38O17/c1-13(31)39-11-21-25(41-15(3)33)27(23(38)24(45-21)19-8-7-9-20(37)10-19)47-30-29(44-18(6)36)28(43-17(5)35)26(42-16(4)34)22(46-30)12-40-14(2)32/h7-10,21-30,37-38H,11-12H2,1-6H3. The zero-order chi connectivity index (χ0) is 35.0. The summed E-state index contributed by atoms with van der Waals surface area (Å²) in [5.74, 6) is -5.09. The highest BCUT2D eigenvalue weighted by molar-refractivity contribution is 5.69. The average molecular weight is 671 g/mol. The van der Waals surface area contributed by atoms with Gasteiger partial charge in [-0.05, 0) is 17.7 Å². The van der Waals surface area contributed by atoms with Crippen LogP contribution in [0.3, 0.4) is 0 Å². The number of hydrogen-bond donors (Lipinski definition) is 2. The summed E-state index contributed by atoms with van der Waals surface area (Å²) in [7, 11) is 0. The Morgan fingerprint density at radius 1 is 0.638 bits per heavy atom. The van der Waals surface area contributed by atoms with Crippen molar-refractivity contribution in [2.24, 2.45) is 0 Å². The normalized spacial score (nSPS) is 30.3. The van der Waals surface area contributed by atoms with Gasteiger partial charge >= 0.3 is 35.8 Å². The molecule has 260 valence electrons. The van der Waals surface area contributed by atoms with Crippen molar-refractivity contribution in [1.29, 1.82) is 0 Å². The van der Waals surface area contributed by atoms with Crippen LogP contribution in [-0.2, 0) is 71.4 Å². The van der Waals surface area contributed by atoms with Crippen LogP contribution >= 0.6 is 0 Å². The lowest BCUT2D eigenvalue weighted by Crippen LogP contribution is -2.66. The monoisotopic (exact) mass is 670 g/mol. The second-order valence-electron chi connectivity index (χ2n) is 10.7. The maximum absolute atomic E-state index is 12.3. The van der Waals surface area contributed by atoms with Gasteiger partial charge in [0.25, 0.3) is 0 Å². The van der Waals surface area contributed by atoms with Crippen LogP contribution in [0.2, 0.25) is 0 Å². The molecular formula is C30H38O17. The number of esters is 6. The molecule has 0 spiro atoms. The number of rotatable bonds is 11. The van der Waals surface area contributed by atoms with Gasteiger partial charge in [-0.15, -0.1) is 0 Å². The molecule has 17 heteroatoms. The molecule has 10 unspecified atom stereocenters. The molecule has 2 heterocycles. The average Bonchev–Trinajstić information content (AvgIpc) is 2.95. The Morgan fingerprint density at radius 2 is 1.11 bits per heavy atom. The molecule has 0 saturated carbocycles. The second kappa shape index (κ2) is 16.5. The van der Waals surface area contributed by atoms with Gasteiger partial charge in [0, 0.05) is 41.5 Å². The number of aromatic hydroxyl groups is 1. The van der Waals surface area contributed by atoms with E-state index in [1.165, 1.54) is 24.3 Å². The summed E-state index contributed by atoms with van der Waals surface area (Å²) in [6.07, 6.45) is -15.3. The van der Waals surface area contributed by atoms with E-state index in [9.17, 15) is 39.0 Å². The fraction of sp³-hybridized carbons (Fsp3) is 0.600. The maximum Gasteiger partial charge on any atom is 0.303 e. The molecule has 0 radical (unpaired) electrons. The second-order valence-corrected chi connectivity index (χ2v) is 10.7. The minimum atomic E-state index is -1.77. The van der Waals surface area contributed by atoms with Crippen molar-refractivity contribution in [3.8, 4) is 5.75 Å². The van der Waals surface area contributed by atoms with Crippen LogP contribution in [0.4, 0.5) is 0 Å². The smallest absolute Gasteiger partial charge is 0.303 e. The summed E-state index contributed by atoms with van der Waals surface area (Å²) in [5.41, 5.74) is 0.252. The molecule has 0 bridgehead atoms. The lowest BCUT2D eigenvalue weighted by Gasteiger charge is -2.48. The van der Waals surface area contributed by atoms with Gasteiger partial charge in [0.2, 0.25) is 0 Å². The third-order valence-electron chi connectivity index (χ3n) is 6.85.